The van der Waals surface area contributed by atoms with Crippen molar-refractivity contribution in [3.8, 4) is 5.75 Å². The lowest BCUT2D eigenvalue weighted by atomic mass is 9.95. The third-order valence-electron chi connectivity index (χ3n) is 2.78. The number of hydrogen-bond donors (Lipinski definition) is 2. The molecule has 5 heteroatoms. The highest BCUT2D eigenvalue weighted by Crippen LogP contribution is 2.37. The van der Waals surface area contributed by atoms with Crippen LogP contribution in [-0.4, -0.2) is 18.4 Å². The number of fused-ring (bicyclic) bond motifs is 1. The summed E-state index contributed by atoms with van der Waals surface area (Å²) in [6, 6.07) is 3.65. The Morgan fingerprint density at radius 2 is 2.05 bits per heavy atom. The summed E-state index contributed by atoms with van der Waals surface area (Å²) in [7, 11) is 0. The Labute approximate surface area is 112 Å². The summed E-state index contributed by atoms with van der Waals surface area (Å²) in [6.07, 6.45) is 0. The first-order valence-electron chi connectivity index (χ1n) is 6.16. The summed E-state index contributed by atoms with van der Waals surface area (Å²) < 4.78 is 5.41. The lowest BCUT2D eigenvalue weighted by Gasteiger charge is -2.24. The van der Waals surface area contributed by atoms with Crippen LogP contribution in [-0.2, 0) is 9.59 Å². The van der Waals surface area contributed by atoms with Crippen molar-refractivity contribution in [3.63, 3.8) is 0 Å². The fraction of sp³-hybridized carbons (Fsp3) is 0.429. The van der Waals surface area contributed by atoms with Crippen LogP contribution in [0.2, 0.25) is 0 Å². The summed E-state index contributed by atoms with van der Waals surface area (Å²) in [5.41, 5.74) is 1.64. The van der Waals surface area contributed by atoms with Crippen molar-refractivity contribution < 1.29 is 14.3 Å². The molecule has 0 aliphatic carbocycles. The fourth-order valence-electron chi connectivity index (χ4n) is 1.75. The molecule has 1 aromatic carbocycles. The van der Waals surface area contributed by atoms with E-state index in [0.717, 1.165) is 5.56 Å². The third kappa shape index (κ3) is 2.86. The highest BCUT2D eigenvalue weighted by molar-refractivity contribution is 6.01. The maximum Gasteiger partial charge on any atom is 0.262 e. The van der Waals surface area contributed by atoms with Crippen LogP contribution in [0, 0.1) is 12.3 Å². The van der Waals surface area contributed by atoms with Gasteiger partial charge in [-0.15, -0.1) is 0 Å². The zero-order valence-electron chi connectivity index (χ0n) is 11.6. The van der Waals surface area contributed by atoms with Gasteiger partial charge >= 0.3 is 0 Å². The number of carbonyl (C=O) groups excluding carboxylic acids is 2. The van der Waals surface area contributed by atoms with Gasteiger partial charge in [-0.25, -0.2) is 0 Å². The van der Waals surface area contributed by atoms with E-state index in [-0.39, 0.29) is 18.4 Å². The fourth-order valence-corrected chi connectivity index (χ4v) is 1.75. The van der Waals surface area contributed by atoms with E-state index in [4.69, 9.17) is 4.74 Å². The number of amides is 2. The number of ether oxygens (including phenoxy) is 1. The van der Waals surface area contributed by atoms with Crippen molar-refractivity contribution in [2.75, 3.05) is 17.2 Å². The number of anilines is 2. The van der Waals surface area contributed by atoms with Crippen LogP contribution in [0.5, 0.6) is 5.75 Å². The number of nitrogens with one attached hydrogen (secondary N) is 2. The maximum absolute atomic E-state index is 12.0. The molecule has 19 heavy (non-hydrogen) atoms. The molecule has 102 valence electrons. The monoisotopic (exact) mass is 262 g/mol. The Kier molecular flexibility index (Phi) is 3.22. The molecule has 0 saturated carbocycles. The van der Waals surface area contributed by atoms with Crippen molar-refractivity contribution in [2.45, 2.75) is 27.7 Å². The van der Waals surface area contributed by atoms with Crippen LogP contribution >= 0.6 is 0 Å². The average molecular weight is 262 g/mol. The summed E-state index contributed by atoms with van der Waals surface area (Å²) in [5, 5.41) is 5.59. The molecule has 1 heterocycles. The van der Waals surface area contributed by atoms with Crippen LogP contribution in [0.25, 0.3) is 0 Å². The summed E-state index contributed by atoms with van der Waals surface area (Å²) in [5.74, 6) is 0.231. The highest BCUT2D eigenvalue weighted by atomic mass is 16.5. The van der Waals surface area contributed by atoms with Gasteiger partial charge in [-0.3, -0.25) is 9.59 Å². The van der Waals surface area contributed by atoms with Crippen LogP contribution in [0.15, 0.2) is 12.1 Å². The number of aryl methyl sites for hydroxylation is 1. The molecule has 1 aromatic rings. The second-order valence-corrected chi connectivity index (χ2v) is 5.73. The molecule has 2 amide bonds. The van der Waals surface area contributed by atoms with Crippen LogP contribution in [0.1, 0.15) is 26.3 Å². The van der Waals surface area contributed by atoms with E-state index >= 15 is 0 Å². The molecule has 2 N–H and O–H groups in total. The minimum absolute atomic E-state index is 0.0333. The van der Waals surface area contributed by atoms with Crippen LogP contribution < -0.4 is 15.4 Å². The molecule has 0 atom stereocenters. The van der Waals surface area contributed by atoms with E-state index in [9.17, 15) is 9.59 Å². The van der Waals surface area contributed by atoms with Gasteiger partial charge in [0.05, 0.1) is 11.4 Å². The normalized spacial score (nSPS) is 14.2. The zero-order valence-corrected chi connectivity index (χ0v) is 11.6. The molecular formula is C14H18N2O3. The topological polar surface area (TPSA) is 67.4 Å². The Morgan fingerprint density at radius 1 is 1.37 bits per heavy atom. The molecule has 0 bridgehead atoms. The summed E-state index contributed by atoms with van der Waals surface area (Å²) in [4.78, 5) is 23.3. The molecule has 1 aliphatic heterocycles. The smallest absolute Gasteiger partial charge is 0.262 e. The highest BCUT2D eigenvalue weighted by Gasteiger charge is 2.25. The standard InChI is InChI=1S/C14H18N2O3/c1-8-5-9-12(19-7-11(17)15-9)10(6-8)16-13(18)14(2,3)4/h5-6H,7H2,1-4H3,(H,15,17)(H,16,18). The maximum atomic E-state index is 12.0. The van der Waals surface area contributed by atoms with Crippen molar-refractivity contribution in [1.29, 1.82) is 0 Å². The summed E-state index contributed by atoms with van der Waals surface area (Å²) in [6.45, 7) is 7.38. The minimum Gasteiger partial charge on any atom is -0.479 e. The predicted octanol–water partition coefficient (Wildman–Crippen LogP) is 2.31. The quantitative estimate of drug-likeness (QED) is 0.816. The molecule has 5 nitrogen and oxygen atoms in total. The van der Waals surface area contributed by atoms with E-state index in [2.05, 4.69) is 10.6 Å². The Hall–Kier alpha value is -2.04. The van der Waals surface area contributed by atoms with Gasteiger partial charge in [-0.1, -0.05) is 20.8 Å². The molecule has 1 aliphatic rings. The lowest BCUT2D eigenvalue weighted by molar-refractivity contribution is -0.123. The van der Waals surface area contributed by atoms with Crippen molar-refractivity contribution >= 4 is 23.2 Å². The molecule has 0 spiro atoms. The third-order valence-corrected chi connectivity index (χ3v) is 2.78. The van der Waals surface area contributed by atoms with E-state index in [0.29, 0.717) is 17.1 Å². The first-order valence-corrected chi connectivity index (χ1v) is 6.16. The van der Waals surface area contributed by atoms with Gasteiger partial charge < -0.3 is 15.4 Å². The van der Waals surface area contributed by atoms with Crippen LogP contribution in [0.3, 0.4) is 0 Å². The first-order chi connectivity index (χ1) is 8.77. The van der Waals surface area contributed by atoms with Crippen LogP contribution in [0.4, 0.5) is 11.4 Å². The van der Waals surface area contributed by atoms with Gasteiger partial charge in [0.2, 0.25) is 5.91 Å². The average Bonchev–Trinajstić information content (AvgIpc) is 2.26. The van der Waals surface area contributed by atoms with Crippen molar-refractivity contribution in [1.82, 2.24) is 0 Å². The van der Waals surface area contributed by atoms with E-state index in [1.165, 1.54) is 0 Å². The Morgan fingerprint density at radius 3 is 2.68 bits per heavy atom. The molecule has 0 fully saturated rings. The molecule has 0 aromatic heterocycles. The molecule has 0 unspecified atom stereocenters. The molecule has 0 saturated heterocycles. The van der Waals surface area contributed by atoms with Gasteiger partial charge in [-0.2, -0.15) is 0 Å². The van der Waals surface area contributed by atoms with E-state index < -0.39 is 5.41 Å². The van der Waals surface area contributed by atoms with Crippen molar-refractivity contribution in [3.05, 3.63) is 17.7 Å². The second-order valence-electron chi connectivity index (χ2n) is 5.73. The number of benzene rings is 1. The molecular weight excluding hydrogens is 244 g/mol. The molecule has 2 rings (SSSR count). The van der Waals surface area contributed by atoms with Gasteiger partial charge in [0.25, 0.3) is 5.91 Å². The second kappa shape index (κ2) is 4.57. The number of rotatable bonds is 1. The zero-order chi connectivity index (χ0) is 14.2. The summed E-state index contributed by atoms with van der Waals surface area (Å²) >= 11 is 0. The Bertz CT molecular complexity index is 544. The van der Waals surface area contributed by atoms with E-state index in [1.807, 2.05) is 39.8 Å². The molecule has 0 radical (unpaired) electrons. The largest absolute Gasteiger partial charge is 0.479 e. The van der Waals surface area contributed by atoms with Gasteiger partial charge in [0, 0.05) is 5.41 Å². The van der Waals surface area contributed by atoms with Crippen molar-refractivity contribution in [2.24, 2.45) is 5.41 Å². The predicted molar refractivity (Wildman–Crippen MR) is 73.4 cm³/mol. The Balaban J connectivity index is 2.36. The van der Waals surface area contributed by atoms with Gasteiger partial charge in [0.15, 0.2) is 12.4 Å². The first kappa shape index (κ1) is 13.4. The SMILES string of the molecule is Cc1cc2c(c(NC(=O)C(C)(C)C)c1)OCC(=O)N2. The minimum atomic E-state index is -0.492. The van der Waals surface area contributed by atoms with E-state index in [1.54, 1.807) is 0 Å². The lowest BCUT2D eigenvalue weighted by Crippen LogP contribution is -2.30. The number of hydrogen-bond acceptors (Lipinski definition) is 3. The van der Waals surface area contributed by atoms with Gasteiger partial charge in [0.1, 0.15) is 0 Å². The number of carbonyl (C=O) groups is 2. The van der Waals surface area contributed by atoms with Gasteiger partial charge in [-0.05, 0) is 24.6 Å².